The van der Waals surface area contributed by atoms with Gasteiger partial charge in [-0.25, -0.2) is 0 Å². The van der Waals surface area contributed by atoms with Gasteiger partial charge >= 0.3 is 0 Å². The van der Waals surface area contributed by atoms with Crippen molar-refractivity contribution in [1.29, 1.82) is 0 Å². The first kappa shape index (κ1) is 26.3. The second-order valence-corrected chi connectivity index (χ2v) is 8.34. The lowest BCUT2D eigenvalue weighted by Crippen LogP contribution is -2.30. The zero-order valence-electron chi connectivity index (χ0n) is 19.8. The summed E-state index contributed by atoms with van der Waals surface area (Å²) in [6, 6.07) is 16.7. The Morgan fingerprint density at radius 2 is 1.47 bits per heavy atom. The molecule has 0 atom stereocenters. The zero-order chi connectivity index (χ0) is 22.4. The van der Waals surface area contributed by atoms with Crippen molar-refractivity contribution < 1.29 is 4.74 Å². The van der Waals surface area contributed by atoms with E-state index < -0.39 is 0 Å². The first-order chi connectivity index (χ1) is 14.5. The van der Waals surface area contributed by atoms with E-state index in [4.69, 9.17) is 16.3 Å². The molecular formula is C26H41ClN2O. The number of hydrogen-bond donors (Lipinski definition) is 0. The lowest BCUT2D eigenvalue weighted by atomic mass is 10.2. The van der Waals surface area contributed by atoms with Gasteiger partial charge in [-0.1, -0.05) is 58.4 Å². The summed E-state index contributed by atoms with van der Waals surface area (Å²) in [5, 5.41) is 0.802. The van der Waals surface area contributed by atoms with E-state index in [-0.39, 0.29) is 0 Å². The van der Waals surface area contributed by atoms with Gasteiger partial charge in [0.05, 0.1) is 6.61 Å². The first-order valence-corrected chi connectivity index (χ1v) is 11.8. The minimum atomic E-state index is 0.711. The second kappa shape index (κ2) is 15.1. The minimum Gasteiger partial charge on any atom is -0.494 e. The van der Waals surface area contributed by atoms with Crippen molar-refractivity contribution in [3.63, 3.8) is 0 Å². The maximum Gasteiger partial charge on any atom is 0.119 e. The van der Waals surface area contributed by atoms with Crippen LogP contribution < -0.4 is 9.64 Å². The molecular weight excluding hydrogens is 392 g/mol. The van der Waals surface area contributed by atoms with Crippen LogP contribution in [0.1, 0.15) is 53.5 Å². The fourth-order valence-electron chi connectivity index (χ4n) is 3.16. The van der Waals surface area contributed by atoms with Gasteiger partial charge < -0.3 is 9.64 Å². The number of ether oxygens (including phenoxy) is 1. The Hall–Kier alpha value is -1.71. The van der Waals surface area contributed by atoms with Crippen LogP contribution in [0.5, 0.6) is 5.75 Å². The summed E-state index contributed by atoms with van der Waals surface area (Å²) < 4.78 is 5.53. The molecule has 4 heteroatoms. The largest absolute Gasteiger partial charge is 0.494 e. The van der Waals surface area contributed by atoms with E-state index in [1.807, 2.05) is 32.9 Å². The molecule has 30 heavy (non-hydrogen) atoms. The van der Waals surface area contributed by atoms with Gasteiger partial charge in [-0.15, -0.1) is 0 Å². The summed E-state index contributed by atoms with van der Waals surface area (Å²) in [7, 11) is 0. The molecule has 1 aliphatic heterocycles. The average Bonchev–Trinajstić information content (AvgIpc) is 2.97. The molecule has 1 aliphatic rings. The molecule has 0 radical (unpaired) electrons. The van der Waals surface area contributed by atoms with Gasteiger partial charge in [-0.05, 0) is 61.2 Å². The second-order valence-electron chi connectivity index (χ2n) is 7.90. The molecule has 0 aromatic heterocycles. The van der Waals surface area contributed by atoms with Crippen LogP contribution in [0.3, 0.4) is 0 Å². The van der Waals surface area contributed by atoms with Crippen molar-refractivity contribution in [2.45, 2.75) is 54.5 Å². The standard InChI is InChI=1S/C20H25ClN2O.C4H10.C2H6/c1-2-24-20-10-8-19(9-11-20)23-13-3-12-22(14-15-23)16-17-4-6-18(21)7-5-17;1-4(2)3;1-2/h4-11H,2-3,12-16H2,1H3;4H,1-3H3;1-2H3. The summed E-state index contributed by atoms with van der Waals surface area (Å²) in [6.45, 7) is 18.6. The number of halogens is 1. The van der Waals surface area contributed by atoms with Crippen LogP contribution in [0.2, 0.25) is 5.02 Å². The number of anilines is 1. The Morgan fingerprint density at radius 1 is 0.867 bits per heavy atom. The lowest BCUT2D eigenvalue weighted by molar-refractivity contribution is 0.285. The molecule has 0 unspecified atom stereocenters. The van der Waals surface area contributed by atoms with Gasteiger partial charge in [0, 0.05) is 43.4 Å². The van der Waals surface area contributed by atoms with Crippen molar-refractivity contribution in [2.24, 2.45) is 5.92 Å². The highest BCUT2D eigenvalue weighted by Crippen LogP contribution is 2.21. The summed E-state index contributed by atoms with van der Waals surface area (Å²) in [5.74, 6) is 1.78. The zero-order valence-corrected chi connectivity index (χ0v) is 20.6. The third kappa shape index (κ3) is 10.4. The third-order valence-corrected chi connectivity index (χ3v) is 4.67. The predicted molar refractivity (Wildman–Crippen MR) is 133 cm³/mol. The Kier molecular flexibility index (Phi) is 13.3. The van der Waals surface area contributed by atoms with Crippen molar-refractivity contribution in [1.82, 2.24) is 4.90 Å². The number of benzene rings is 2. The quantitative estimate of drug-likeness (QED) is 0.499. The lowest BCUT2D eigenvalue weighted by Gasteiger charge is -2.24. The monoisotopic (exact) mass is 432 g/mol. The van der Waals surface area contributed by atoms with Gasteiger partial charge in [-0.2, -0.15) is 0 Å². The van der Waals surface area contributed by atoms with Gasteiger partial charge in [0.2, 0.25) is 0 Å². The van der Waals surface area contributed by atoms with E-state index in [1.54, 1.807) is 0 Å². The first-order valence-electron chi connectivity index (χ1n) is 11.4. The van der Waals surface area contributed by atoms with E-state index in [0.717, 1.165) is 49.4 Å². The van der Waals surface area contributed by atoms with Gasteiger partial charge in [0.15, 0.2) is 0 Å². The van der Waals surface area contributed by atoms with Gasteiger partial charge in [0.1, 0.15) is 5.75 Å². The molecule has 168 valence electrons. The molecule has 0 amide bonds. The van der Waals surface area contributed by atoms with E-state index in [9.17, 15) is 0 Å². The molecule has 2 aromatic carbocycles. The molecule has 0 spiro atoms. The summed E-state index contributed by atoms with van der Waals surface area (Å²) in [5.41, 5.74) is 2.61. The van der Waals surface area contributed by atoms with E-state index in [2.05, 4.69) is 67.0 Å². The van der Waals surface area contributed by atoms with Crippen LogP contribution in [-0.4, -0.2) is 37.7 Å². The smallest absolute Gasteiger partial charge is 0.119 e. The Morgan fingerprint density at radius 3 is 2.03 bits per heavy atom. The average molecular weight is 433 g/mol. The molecule has 0 bridgehead atoms. The van der Waals surface area contributed by atoms with Crippen LogP contribution >= 0.6 is 11.6 Å². The molecule has 0 saturated carbocycles. The van der Waals surface area contributed by atoms with E-state index in [1.165, 1.54) is 17.7 Å². The molecule has 1 heterocycles. The topological polar surface area (TPSA) is 15.7 Å². The molecule has 1 fully saturated rings. The summed E-state index contributed by atoms with van der Waals surface area (Å²) in [6.07, 6.45) is 1.18. The molecule has 0 aliphatic carbocycles. The van der Waals surface area contributed by atoms with Crippen molar-refractivity contribution in [3.8, 4) is 5.75 Å². The van der Waals surface area contributed by atoms with Crippen LogP contribution in [0, 0.1) is 5.92 Å². The SMILES string of the molecule is CC.CC(C)C.CCOc1ccc(N2CCCN(Cc3ccc(Cl)cc3)CC2)cc1. The van der Waals surface area contributed by atoms with Gasteiger partial charge in [0.25, 0.3) is 0 Å². The fourth-order valence-corrected chi connectivity index (χ4v) is 3.28. The molecule has 3 nitrogen and oxygen atoms in total. The van der Waals surface area contributed by atoms with Crippen molar-refractivity contribution in [2.75, 3.05) is 37.7 Å². The van der Waals surface area contributed by atoms with E-state index in [0.29, 0.717) is 6.61 Å². The number of nitrogens with zero attached hydrogens (tertiary/aromatic N) is 2. The minimum absolute atomic E-state index is 0.711. The Bertz CT molecular complexity index is 668. The Labute approximate surface area is 190 Å². The highest BCUT2D eigenvalue weighted by Gasteiger charge is 2.15. The fraction of sp³-hybridized carbons (Fsp3) is 0.538. The Balaban J connectivity index is 0.000000673. The number of rotatable bonds is 5. The summed E-state index contributed by atoms with van der Waals surface area (Å²) >= 11 is 5.97. The highest BCUT2D eigenvalue weighted by molar-refractivity contribution is 6.30. The van der Waals surface area contributed by atoms with Gasteiger partial charge in [-0.3, -0.25) is 4.90 Å². The highest BCUT2D eigenvalue weighted by atomic mass is 35.5. The third-order valence-electron chi connectivity index (χ3n) is 4.42. The van der Waals surface area contributed by atoms with Crippen LogP contribution in [0.25, 0.3) is 0 Å². The van der Waals surface area contributed by atoms with Crippen LogP contribution in [0.15, 0.2) is 48.5 Å². The van der Waals surface area contributed by atoms with Crippen LogP contribution in [-0.2, 0) is 6.54 Å². The molecule has 2 aromatic rings. The van der Waals surface area contributed by atoms with Crippen molar-refractivity contribution in [3.05, 3.63) is 59.1 Å². The number of hydrogen-bond acceptors (Lipinski definition) is 3. The van der Waals surface area contributed by atoms with Crippen LogP contribution in [0.4, 0.5) is 5.69 Å². The molecule has 1 saturated heterocycles. The predicted octanol–water partition coefficient (Wildman–Crippen LogP) is 7.14. The molecule has 3 rings (SSSR count). The van der Waals surface area contributed by atoms with Crippen molar-refractivity contribution >= 4 is 17.3 Å². The molecule has 0 N–H and O–H groups in total. The summed E-state index contributed by atoms with van der Waals surface area (Å²) in [4.78, 5) is 5.00. The normalized spacial score (nSPS) is 14.2. The maximum absolute atomic E-state index is 5.97. The van der Waals surface area contributed by atoms with E-state index >= 15 is 0 Å². The maximum atomic E-state index is 5.97.